The Bertz CT molecular complexity index is 364. The van der Waals surface area contributed by atoms with Gasteiger partial charge in [-0.15, -0.1) is 0 Å². The number of hydrogen-bond donors (Lipinski definition) is 1. The van der Waals surface area contributed by atoms with Crippen molar-refractivity contribution in [1.82, 2.24) is 9.80 Å². The molecule has 0 amide bonds. The van der Waals surface area contributed by atoms with Gasteiger partial charge in [0.15, 0.2) is 0 Å². The van der Waals surface area contributed by atoms with Gasteiger partial charge < -0.3 is 14.7 Å². The summed E-state index contributed by atoms with van der Waals surface area (Å²) in [7, 11) is -3.75. The zero-order valence-corrected chi connectivity index (χ0v) is 18.3. The van der Waals surface area contributed by atoms with Crippen LogP contribution in [0.5, 0.6) is 0 Å². The van der Waals surface area contributed by atoms with Crippen molar-refractivity contribution < 1.29 is 18.5 Å². The van der Waals surface area contributed by atoms with Crippen LogP contribution in [0.15, 0.2) is 12.4 Å². The third-order valence-corrected chi connectivity index (χ3v) is 4.97. The van der Waals surface area contributed by atoms with Crippen LogP contribution in [0.2, 0.25) is 0 Å². The van der Waals surface area contributed by atoms with Gasteiger partial charge in [0.25, 0.3) is 0 Å². The Balaban J connectivity index is 0.000000481. The van der Waals surface area contributed by atoms with E-state index in [1.54, 1.807) is 0 Å². The molecule has 0 atom stereocenters. The van der Waals surface area contributed by atoms with Crippen LogP contribution in [0.1, 0.15) is 79.1 Å². The minimum Gasteiger partial charge on any atom is -0.359 e. The normalized spacial score (nSPS) is 13.9. The average molecular weight is 393 g/mol. The molecule has 0 unspecified atom stereocenters. The molecule has 6 nitrogen and oxygen atoms in total. The van der Waals surface area contributed by atoms with Crippen LogP contribution in [-0.4, -0.2) is 47.7 Å². The second-order valence-corrected chi connectivity index (χ2v) is 8.07. The van der Waals surface area contributed by atoms with Crippen LogP contribution < -0.4 is 0 Å². The summed E-state index contributed by atoms with van der Waals surface area (Å²) in [6.45, 7) is 12.6. The summed E-state index contributed by atoms with van der Waals surface area (Å²) >= 11 is 0. The van der Waals surface area contributed by atoms with Crippen LogP contribution >= 0.6 is 7.82 Å². The molecule has 0 saturated heterocycles. The van der Waals surface area contributed by atoms with E-state index in [9.17, 15) is 4.57 Å². The highest BCUT2D eigenvalue weighted by molar-refractivity contribution is 7.47. The number of phosphoric acid groups is 1. The molecule has 0 saturated carbocycles. The van der Waals surface area contributed by atoms with Gasteiger partial charge in [-0.25, -0.2) is 4.57 Å². The highest BCUT2D eigenvalue weighted by atomic mass is 31.2. The number of hydrogen-bond acceptors (Lipinski definition) is 5. The van der Waals surface area contributed by atoms with Gasteiger partial charge in [0.1, 0.15) is 0 Å². The van der Waals surface area contributed by atoms with Crippen molar-refractivity contribution in [2.75, 3.05) is 33.0 Å². The molecule has 0 bridgehead atoms. The van der Waals surface area contributed by atoms with Gasteiger partial charge in [-0.05, 0) is 25.7 Å². The number of phosphoric ester groups is 1. The zero-order chi connectivity index (χ0) is 19.7. The molecule has 1 heterocycles. The quantitative estimate of drug-likeness (QED) is 0.317. The third-order valence-electron chi connectivity index (χ3n) is 3.95. The lowest BCUT2D eigenvalue weighted by atomic mass is 10.3. The molecule has 26 heavy (non-hydrogen) atoms. The lowest BCUT2D eigenvalue weighted by molar-refractivity contribution is 0.146. The standard InChI is InChI=1S/C11H22N2.C8H19O4P/c1-3-5-7-12-9-10-13(11-12)8-6-4-2;1-3-5-7-11-13(9,10)12-8-6-4-2/h9-10H,3-8,11H2,1-2H3;3-8H2,1-2H3,(H,9,10). The summed E-state index contributed by atoms with van der Waals surface area (Å²) < 4.78 is 20.5. The summed E-state index contributed by atoms with van der Waals surface area (Å²) in [5, 5.41) is 0. The van der Waals surface area contributed by atoms with E-state index in [1.165, 1.54) is 38.8 Å². The fraction of sp³-hybridized carbons (Fsp3) is 0.895. The van der Waals surface area contributed by atoms with E-state index in [0.717, 1.165) is 32.4 Å². The minimum atomic E-state index is -3.75. The first kappa shape index (κ1) is 25.4. The Morgan fingerprint density at radius 2 is 1.19 bits per heavy atom. The molecule has 1 rings (SSSR count). The molecule has 0 aliphatic carbocycles. The molecule has 0 fully saturated rings. The second kappa shape index (κ2) is 16.6. The molecular weight excluding hydrogens is 351 g/mol. The summed E-state index contributed by atoms with van der Waals surface area (Å²) in [5.74, 6) is 0. The third kappa shape index (κ3) is 14.6. The van der Waals surface area contributed by atoms with Crippen molar-refractivity contribution in [3.8, 4) is 0 Å². The molecule has 0 radical (unpaired) electrons. The fourth-order valence-corrected chi connectivity index (χ4v) is 3.01. The Morgan fingerprint density at radius 1 is 0.808 bits per heavy atom. The van der Waals surface area contributed by atoms with Crippen molar-refractivity contribution in [2.24, 2.45) is 0 Å². The van der Waals surface area contributed by atoms with Crippen LogP contribution in [0.25, 0.3) is 0 Å². The van der Waals surface area contributed by atoms with Crippen molar-refractivity contribution in [2.45, 2.75) is 79.1 Å². The van der Waals surface area contributed by atoms with E-state index in [2.05, 4.69) is 36.0 Å². The predicted octanol–water partition coefficient (Wildman–Crippen LogP) is 5.35. The SMILES string of the molecule is CCCCN1C=CN(CCCC)C1.CCCCOP(=O)(O)OCCCC. The topological polar surface area (TPSA) is 62.2 Å². The largest absolute Gasteiger partial charge is 0.472 e. The summed E-state index contributed by atoms with van der Waals surface area (Å²) in [4.78, 5) is 13.9. The number of rotatable bonds is 14. The van der Waals surface area contributed by atoms with Gasteiger partial charge in [0, 0.05) is 25.5 Å². The van der Waals surface area contributed by atoms with Crippen molar-refractivity contribution >= 4 is 7.82 Å². The maximum Gasteiger partial charge on any atom is 0.472 e. The lowest BCUT2D eigenvalue weighted by Crippen LogP contribution is -2.26. The molecule has 0 spiro atoms. The monoisotopic (exact) mass is 392 g/mol. The molecule has 1 N–H and O–H groups in total. The zero-order valence-electron chi connectivity index (χ0n) is 17.4. The molecule has 0 aromatic rings. The molecule has 1 aliphatic rings. The smallest absolute Gasteiger partial charge is 0.359 e. The van der Waals surface area contributed by atoms with Crippen molar-refractivity contribution in [3.05, 3.63) is 12.4 Å². The molecule has 156 valence electrons. The van der Waals surface area contributed by atoms with Gasteiger partial charge in [0.05, 0.1) is 19.9 Å². The van der Waals surface area contributed by atoms with Gasteiger partial charge in [0.2, 0.25) is 0 Å². The van der Waals surface area contributed by atoms with Crippen molar-refractivity contribution in [1.29, 1.82) is 0 Å². The van der Waals surface area contributed by atoms with E-state index in [1.807, 2.05) is 13.8 Å². The van der Waals surface area contributed by atoms with Crippen LogP contribution in [0.3, 0.4) is 0 Å². The van der Waals surface area contributed by atoms with E-state index >= 15 is 0 Å². The first-order chi connectivity index (χ1) is 12.5. The van der Waals surface area contributed by atoms with Crippen molar-refractivity contribution in [3.63, 3.8) is 0 Å². The Hall–Kier alpha value is -0.550. The van der Waals surface area contributed by atoms with E-state index in [4.69, 9.17) is 13.9 Å². The van der Waals surface area contributed by atoms with Gasteiger partial charge in [-0.2, -0.15) is 0 Å². The van der Waals surface area contributed by atoms with Crippen LogP contribution in [-0.2, 0) is 13.6 Å². The Kier molecular flexibility index (Phi) is 16.3. The van der Waals surface area contributed by atoms with E-state index in [0.29, 0.717) is 0 Å². The predicted molar refractivity (Wildman–Crippen MR) is 109 cm³/mol. The number of nitrogens with zero attached hydrogens (tertiary/aromatic N) is 2. The average Bonchev–Trinajstić information content (AvgIpc) is 3.07. The molecular formula is C19H41N2O4P. The fourth-order valence-electron chi connectivity index (χ4n) is 2.21. The minimum absolute atomic E-state index is 0.288. The molecule has 7 heteroatoms. The first-order valence-electron chi connectivity index (χ1n) is 10.3. The molecule has 0 aromatic carbocycles. The second-order valence-electron chi connectivity index (χ2n) is 6.61. The van der Waals surface area contributed by atoms with Gasteiger partial charge in [-0.3, -0.25) is 9.05 Å². The molecule has 0 aromatic heterocycles. The Morgan fingerprint density at radius 3 is 1.54 bits per heavy atom. The highest BCUT2D eigenvalue weighted by Gasteiger charge is 2.19. The maximum absolute atomic E-state index is 11.1. The molecule has 1 aliphatic heterocycles. The maximum atomic E-state index is 11.1. The lowest BCUT2D eigenvalue weighted by Gasteiger charge is -2.20. The van der Waals surface area contributed by atoms with Crippen LogP contribution in [0, 0.1) is 0 Å². The van der Waals surface area contributed by atoms with E-state index < -0.39 is 7.82 Å². The Labute approximate surface area is 161 Å². The summed E-state index contributed by atoms with van der Waals surface area (Å²) in [6, 6.07) is 0. The first-order valence-corrected chi connectivity index (χ1v) is 11.8. The highest BCUT2D eigenvalue weighted by Crippen LogP contribution is 2.43. The van der Waals surface area contributed by atoms with Gasteiger partial charge in [-0.1, -0.05) is 53.4 Å². The van der Waals surface area contributed by atoms with E-state index in [-0.39, 0.29) is 13.2 Å². The number of unbranched alkanes of at least 4 members (excludes halogenated alkanes) is 4. The van der Waals surface area contributed by atoms with Crippen LogP contribution in [0.4, 0.5) is 0 Å². The summed E-state index contributed by atoms with van der Waals surface area (Å²) in [5.41, 5.74) is 0. The van der Waals surface area contributed by atoms with Gasteiger partial charge >= 0.3 is 7.82 Å². The summed E-state index contributed by atoms with van der Waals surface area (Å²) in [6.07, 6.45) is 13.1.